The highest BCUT2D eigenvalue weighted by Crippen LogP contribution is 2.61. The Hall–Kier alpha value is -3.64. The summed E-state index contributed by atoms with van der Waals surface area (Å²) in [6.07, 6.45) is -2.05. The predicted octanol–water partition coefficient (Wildman–Crippen LogP) is 5.21. The Labute approximate surface area is 290 Å². The molecule has 3 aromatic rings. The Bertz CT molecular complexity index is 1670. The van der Waals surface area contributed by atoms with E-state index in [0.29, 0.717) is 22.8 Å². The number of carbonyl (C=O) groups excluding carboxylic acids is 2. The van der Waals surface area contributed by atoms with Crippen LogP contribution in [0.4, 0.5) is 4.79 Å². The van der Waals surface area contributed by atoms with E-state index in [1.54, 1.807) is 47.3 Å². The zero-order chi connectivity index (χ0) is 35.1. The number of aliphatic hydroxyl groups is 2. The summed E-state index contributed by atoms with van der Waals surface area (Å²) < 4.78 is 21.9. The van der Waals surface area contributed by atoms with Gasteiger partial charge in [-0.25, -0.2) is 4.79 Å². The predicted molar refractivity (Wildman–Crippen MR) is 184 cm³/mol. The Morgan fingerprint density at radius 2 is 1.29 bits per heavy atom. The van der Waals surface area contributed by atoms with Crippen LogP contribution >= 0.6 is 15.9 Å². The van der Waals surface area contributed by atoms with Crippen molar-refractivity contribution in [2.24, 2.45) is 10.8 Å². The lowest BCUT2D eigenvalue weighted by molar-refractivity contribution is -0.158. The third-order valence-corrected chi connectivity index (χ3v) is 11.8. The van der Waals surface area contributed by atoms with Crippen LogP contribution in [0, 0.1) is 10.8 Å². The van der Waals surface area contributed by atoms with Crippen molar-refractivity contribution in [3.05, 3.63) is 89.5 Å². The second-order valence-corrected chi connectivity index (χ2v) is 14.6. The van der Waals surface area contributed by atoms with Gasteiger partial charge in [0.25, 0.3) is 0 Å². The smallest absolute Gasteiger partial charge is 0.329 e. The first-order chi connectivity index (χ1) is 22.7. The number of amides is 3. The maximum atomic E-state index is 14.1. The molecule has 3 amide bonds. The highest BCUT2D eigenvalue weighted by Gasteiger charge is 2.73. The molecule has 2 aliphatic rings. The highest BCUT2D eigenvalue weighted by molar-refractivity contribution is 9.10. The van der Waals surface area contributed by atoms with E-state index in [4.69, 9.17) is 18.9 Å². The van der Waals surface area contributed by atoms with Gasteiger partial charge in [0.05, 0.1) is 38.3 Å². The minimum atomic E-state index is -1.77. The van der Waals surface area contributed by atoms with E-state index >= 15 is 0 Å². The number of ether oxygens (including phenoxy) is 4. The summed E-state index contributed by atoms with van der Waals surface area (Å²) in [6, 6.07) is 21.6. The Kier molecular flexibility index (Phi) is 9.91. The second kappa shape index (κ2) is 13.3. The molecule has 2 fully saturated rings. The molecule has 0 aromatic heterocycles. The number of urea groups is 1. The fourth-order valence-electron chi connectivity index (χ4n) is 7.28. The number of para-hydroxylation sites is 3. The zero-order valence-corrected chi connectivity index (χ0v) is 30.1. The number of aliphatic hydroxyl groups excluding tert-OH is 1. The third-order valence-electron chi connectivity index (χ3n) is 10.2. The molecule has 258 valence electrons. The number of rotatable bonds is 11. The van der Waals surface area contributed by atoms with E-state index in [1.165, 1.54) is 11.9 Å². The molecule has 3 aromatic carbocycles. The quantitative estimate of drug-likeness (QED) is 0.205. The molecular formula is C37H45BrN2O8. The number of hydrogen-bond acceptors (Lipinski definition) is 8. The van der Waals surface area contributed by atoms with Gasteiger partial charge in [-0.1, -0.05) is 68.4 Å². The molecule has 48 heavy (non-hydrogen) atoms. The van der Waals surface area contributed by atoms with Crippen molar-refractivity contribution < 1.29 is 38.7 Å². The van der Waals surface area contributed by atoms with E-state index in [2.05, 4.69) is 15.9 Å². The largest absolute Gasteiger partial charge is 0.496 e. The van der Waals surface area contributed by atoms with Gasteiger partial charge in [-0.15, -0.1) is 0 Å². The maximum Gasteiger partial charge on any atom is 0.329 e. The highest BCUT2D eigenvalue weighted by atomic mass is 79.9. The molecule has 10 nitrogen and oxygen atoms in total. The summed E-state index contributed by atoms with van der Waals surface area (Å²) >= 11 is 3.82. The number of methoxy groups -OCH3 is 3. The van der Waals surface area contributed by atoms with Gasteiger partial charge in [0.2, 0.25) is 10.5 Å². The number of carbonyl (C=O) groups is 2. The summed E-state index contributed by atoms with van der Waals surface area (Å²) in [7, 11) is 6.14. The lowest BCUT2D eigenvalue weighted by atomic mass is 9.67. The molecule has 2 unspecified atom stereocenters. The molecule has 2 saturated heterocycles. The van der Waals surface area contributed by atoms with Crippen LogP contribution in [0.1, 0.15) is 37.5 Å². The van der Waals surface area contributed by atoms with Crippen molar-refractivity contribution in [2.45, 2.75) is 62.5 Å². The fraction of sp³-hybridized carbons (Fsp3) is 0.459. The third kappa shape index (κ3) is 5.84. The monoisotopic (exact) mass is 724 g/mol. The van der Waals surface area contributed by atoms with Crippen LogP contribution in [-0.4, -0.2) is 89.3 Å². The van der Waals surface area contributed by atoms with Crippen LogP contribution < -0.4 is 14.2 Å². The van der Waals surface area contributed by atoms with Gasteiger partial charge in [0.15, 0.2) is 0 Å². The lowest BCUT2D eigenvalue weighted by Crippen LogP contribution is -2.69. The minimum Gasteiger partial charge on any atom is -0.496 e. The van der Waals surface area contributed by atoms with E-state index in [1.807, 2.05) is 67.6 Å². The SMILES string of the molecule is COc1ccccc1CC(O)[C@H]1O[C@@](Br)(N2CC(C)(Cc3ccccc3OC)C(=O)N(C)C2=O)C(C)(C)[C@@]1(O)Cc1ccccc1OC. The van der Waals surface area contributed by atoms with Crippen LogP contribution in [0.15, 0.2) is 72.8 Å². The van der Waals surface area contributed by atoms with Crippen LogP contribution in [0.3, 0.4) is 0 Å². The zero-order valence-electron chi connectivity index (χ0n) is 28.5. The first-order valence-corrected chi connectivity index (χ1v) is 16.7. The van der Waals surface area contributed by atoms with Gasteiger partial charge in [0.1, 0.15) is 29.0 Å². The average Bonchev–Trinajstić information content (AvgIpc) is 3.23. The minimum absolute atomic E-state index is 0.0281. The normalized spacial score (nSPS) is 27.6. The molecule has 2 heterocycles. The van der Waals surface area contributed by atoms with E-state index in [0.717, 1.165) is 16.0 Å². The van der Waals surface area contributed by atoms with Gasteiger partial charge in [0, 0.05) is 26.4 Å². The molecule has 11 heteroatoms. The summed E-state index contributed by atoms with van der Waals surface area (Å²) in [5.41, 5.74) is -1.91. The van der Waals surface area contributed by atoms with Crippen LogP contribution in [0.2, 0.25) is 0 Å². The van der Waals surface area contributed by atoms with Crippen LogP contribution in [-0.2, 0) is 28.8 Å². The molecule has 0 radical (unpaired) electrons. The lowest BCUT2D eigenvalue weighted by Gasteiger charge is -2.53. The first-order valence-electron chi connectivity index (χ1n) is 15.9. The molecule has 5 rings (SSSR count). The molecular weight excluding hydrogens is 680 g/mol. The number of halogens is 1. The number of benzene rings is 3. The molecule has 0 aliphatic carbocycles. The molecule has 2 N–H and O–H groups in total. The van der Waals surface area contributed by atoms with E-state index in [9.17, 15) is 19.8 Å². The van der Waals surface area contributed by atoms with Crippen molar-refractivity contribution in [1.29, 1.82) is 0 Å². The molecule has 0 spiro atoms. The molecule has 0 saturated carbocycles. The van der Waals surface area contributed by atoms with Crippen molar-refractivity contribution in [1.82, 2.24) is 9.80 Å². The van der Waals surface area contributed by atoms with Gasteiger partial charge in [-0.2, -0.15) is 0 Å². The number of hydrogen-bond donors (Lipinski definition) is 2. The van der Waals surface area contributed by atoms with Gasteiger partial charge in [-0.3, -0.25) is 14.6 Å². The second-order valence-electron chi connectivity index (χ2n) is 13.5. The van der Waals surface area contributed by atoms with Crippen molar-refractivity contribution in [2.75, 3.05) is 34.9 Å². The van der Waals surface area contributed by atoms with Gasteiger partial charge in [-0.05, 0) is 64.2 Å². The number of alkyl halides is 1. The van der Waals surface area contributed by atoms with Gasteiger partial charge < -0.3 is 29.2 Å². The van der Waals surface area contributed by atoms with Gasteiger partial charge >= 0.3 is 6.03 Å². The van der Waals surface area contributed by atoms with Crippen LogP contribution in [0.25, 0.3) is 0 Å². The van der Waals surface area contributed by atoms with Crippen molar-refractivity contribution >= 4 is 27.9 Å². The van der Waals surface area contributed by atoms with Crippen molar-refractivity contribution in [3.8, 4) is 17.2 Å². The maximum absolute atomic E-state index is 14.1. The molecule has 2 aliphatic heterocycles. The summed E-state index contributed by atoms with van der Waals surface area (Å²) in [5.74, 6) is 1.44. The topological polar surface area (TPSA) is 118 Å². The average molecular weight is 726 g/mol. The Balaban J connectivity index is 1.60. The molecule has 0 bridgehead atoms. The molecule has 5 atom stereocenters. The standard InChI is InChI=1S/C37H45BrN2O8/c1-34(2)36(44,22-26-16-10-13-19-30(26)47-7)31(27(41)20-24-14-8-11-17-28(24)45-5)48-37(34,38)40-23-35(3,32(42)39(4)33(40)43)21-25-15-9-12-18-29(25)46-6/h8-19,27,31,41,44H,20-23H2,1-7H3/t27?,31-,35?,36-,37+/m1/s1. The summed E-state index contributed by atoms with van der Waals surface area (Å²) in [5, 5.41) is 25.0. The first kappa shape index (κ1) is 35.7. The van der Waals surface area contributed by atoms with Crippen LogP contribution in [0.5, 0.6) is 17.2 Å². The fourth-order valence-corrected chi connectivity index (χ4v) is 8.10. The van der Waals surface area contributed by atoms with Crippen molar-refractivity contribution in [3.63, 3.8) is 0 Å². The Morgan fingerprint density at radius 3 is 1.81 bits per heavy atom. The number of imide groups is 1. The summed E-state index contributed by atoms with van der Waals surface area (Å²) in [4.78, 5) is 30.5. The number of nitrogens with zero attached hydrogens (tertiary/aromatic N) is 2. The summed E-state index contributed by atoms with van der Waals surface area (Å²) in [6.45, 7) is 5.37. The van der Waals surface area contributed by atoms with E-state index in [-0.39, 0.29) is 31.7 Å². The van der Waals surface area contributed by atoms with E-state index < -0.39 is 39.3 Å². The Morgan fingerprint density at radius 1 is 0.833 bits per heavy atom.